The molecule has 30 heavy (non-hydrogen) atoms. The molecule has 0 spiro atoms. The van der Waals surface area contributed by atoms with Crippen molar-refractivity contribution in [2.45, 2.75) is 38.1 Å². The monoisotopic (exact) mass is 430 g/mol. The summed E-state index contributed by atoms with van der Waals surface area (Å²) in [7, 11) is 0. The van der Waals surface area contributed by atoms with E-state index in [0.717, 1.165) is 22.6 Å². The Morgan fingerprint density at radius 3 is 2.53 bits per heavy atom. The molecule has 0 aliphatic rings. The molecule has 0 saturated carbocycles. The van der Waals surface area contributed by atoms with Crippen molar-refractivity contribution in [3.63, 3.8) is 0 Å². The summed E-state index contributed by atoms with van der Waals surface area (Å²) < 4.78 is 13.4. The van der Waals surface area contributed by atoms with Gasteiger partial charge in [0, 0.05) is 29.1 Å². The molecule has 0 aliphatic heterocycles. The third-order valence-electron chi connectivity index (χ3n) is 4.85. The van der Waals surface area contributed by atoms with E-state index in [0.29, 0.717) is 22.5 Å². The molecule has 160 valence electrons. The highest BCUT2D eigenvalue weighted by atomic mass is 32.2. The summed E-state index contributed by atoms with van der Waals surface area (Å²) in [5, 5.41) is 22.7. The highest BCUT2D eigenvalue weighted by Gasteiger charge is 2.17. The van der Waals surface area contributed by atoms with E-state index in [2.05, 4.69) is 41.0 Å². The molecule has 2 heterocycles. The molecule has 2 atom stereocenters. The van der Waals surface area contributed by atoms with Crippen LogP contribution < -0.4 is 5.32 Å². The molecule has 3 rings (SSSR count). The molecular formula is C22H27FN4O2S. The van der Waals surface area contributed by atoms with Crippen LogP contribution in [-0.4, -0.2) is 49.7 Å². The molecule has 4 N–H and O–H groups in total. The van der Waals surface area contributed by atoms with Crippen molar-refractivity contribution in [1.82, 2.24) is 15.0 Å². The van der Waals surface area contributed by atoms with E-state index in [4.69, 9.17) is 5.11 Å². The molecule has 0 amide bonds. The number of aromatic nitrogens is 3. The minimum Gasteiger partial charge on any atom is -0.394 e. The number of pyridine rings is 1. The van der Waals surface area contributed by atoms with E-state index >= 15 is 0 Å². The number of benzene rings is 1. The fourth-order valence-electron chi connectivity index (χ4n) is 2.74. The Balaban J connectivity index is 1.97. The SMILES string of the molecule is CC(C)C(C)Nc1cc(-c2[nH]c(SC[C@H](O)CO)nc2-c2ccc(F)cc2)ccn1. The molecule has 3 aromatic rings. The van der Waals surface area contributed by atoms with E-state index < -0.39 is 6.10 Å². The predicted molar refractivity (Wildman–Crippen MR) is 119 cm³/mol. The molecule has 1 unspecified atom stereocenters. The molecular weight excluding hydrogens is 403 g/mol. The molecule has 8 heteroatoms. The van der Waals surface area contributed by atoms with Crippen LogP contribution in [0.5, 0.6) is 0 Å². The highest BCUT2D eigenvalue weighted by molar-refractivity contribution is 7.99. The molecule has 0 fully saturated rings. The number of hydrogen-bond donors (Lipinski definition) is 4. The quantitative estimate of drug-likeness (QED) is 0.381. The van der Waals surface area contributed by atoms with Crippen LogP contribution in [0.1, 0.15) is 20.8 Å². The molecule has 0 bridgehead atoms. The Bertz CT molecular complexity index is 962. The fourth-order valence-corrected chi connectivity index (χ4v) is 3.52. The third kappa shape index (κ3) is 5.59. The number of nitrogens with one attached hydrogen (secondary N) is 2. The summed E-state index contributed by atoms with van der Waals surface area (Å²) in [5.74, 6) is 1.22. The van der Waals surface area contributed by atoms with Gasteiger partial charge in [-0.1, -0.05) is 25.6 Å². The maximum atomic E-state index is 13.4. The van der Waals surface area contributed by atoms with Crippen LogP contribution in [0.2, 0.25) is 0 Å². The average molecular weight is 431 g/mol. The zero-order chi connectivity index (χ0) is 21.7. The number of aliphatic hydroxyl groups is 2. The van der Waals surface area contributed by atoms with E-state index in [1.54, 1.807) is 18.3 Å². The first-order valence-electron chi connectivity index (χ1n) is 9.88. The van der Waals surface area contributed by atoms with Gasteiger partial charge in [-0.25, -0.2) is 14.4 Å². The normalized spacial score (nSPS) is 13.4. The molecule has 1 aromatic carbocycles. The Hall–Kier alpha value is -2.42. The van der Waals surface area contributed by atoms with Crippen LogP contribution in [-0.2, 0) is 0 Å². The molecule has 2 aromatic heterocycles. The van der Waals surface area contributed by atoms with Crippen LogP contribution in [0.25, 0.3) is 22.5 Å². The maximum Gasteiger partial charge on any atom is 0.166 e. The summed E-state index contributed by atoms with van der Waals surface area (Å²) >= 11 is 1.32. The minimum atomic E-state index is -0.827. The van der Waals surface area contributed by atoms with Crippen molar-refractivity contribution in [2.24, 2.45) is 5.92 Å². The number of halogens is 1. The van der Waals surface area contributed by atoms with Gasteiger partial charge < -0.3 is 20.5 Å². The molecule has 0 saturated heterocycles. The Morgan fingerprint density at radius 2 is 1.87 bits per heavy atom. The van der Waals surface area contributed by atoms with Crippen LogP contribution in [0.3, 0.4) is 0 Å². The van der Waals surface area contributed by atoms with Crippen molar-refractivity contribution in [3.8, 4) is 22.5 Å². The lowest BCUT2D eigenvalue weighted by Gasteiger charge is -2.18. The number of aromatic amines is 1. The zero-order valence-electron chi connectivity index (χ0n) is 17.3. The van der Waals surface area contributed by atoms with Gasteiger partial charge in [-0.2, -0.15) is 0 Å². The summed E-state index contributed by atoms with van der Waals surface area (Å²) in [4.78, 5) is 12.4. The smallest absolute Gasteiger partial charge is 0.166 e. The van der Waals surface area contributed by atoms with Gasteiger partial charge in [-0.3, -0.25) is 0 Å². The molecule has 0 radical (unpaired) electrons. The van der Waals surface area contributed by atoms with Gasteiger partial charge in [-0.05, 0) is 49.2 Å². The van der Waals surface area contributed by atoms with Crippen molar-refractivity contribution >= 4 is 17.6 Å². The topological polar surface area (TPSA) is 94.1 Å². The fraction of sp³-hybridized carbons (Fsp3) is 0.364. The van der Waals surface area contributed by atoms with Gasteiger partial charge in [0.25, 0.3) is 0 Å². The number of thioether (sulfide) groups is 1. The summed E-state index contributed by atoms with van der Waals surface area (Å²) in [6.45, 7) is 6.10. The molecule has 6 nitrogen and oxygen atoms in total. The van der Waals surface area contributed by atoms with Crippen molar-refractivity contribution in [3.05, 3.63) is 48.4 Å². The first-order chi connectivity index (χ1) is 14.4. The number of imidazole rings is 1. The first-order valence-corrected chi connectivity index (χ1v) is 10.9. The minimum absolute atomic E-state index is 0.261. The van der Waals surface area contributed by atoms with Gasteiger partial charge in [0.2, 0.25) is 0 Å². The number of hydrogen-bond acceptors (Lipinski definition) is 6. The van der Waals surface area contributed by atoms with Crippen LogP contribution in [0, 0.1) is 11.7 Å². The van der Waals surface area contributed by atoms with Gasteiger partial charge in [-0.15, -0.1) is 0 Å². The van der Waals surface area contributed by atoms with E-state index in [1.165, 1.54) is 23.9 Å². The zero-order valence-corrected chi connectivity index (χ0v) is 18.1. The predicted octanol–water partition coefficient (Wildman–Crippen LogP) is 4.18. The summed E-state index contributed by atoms with van der Waals surface area (Å²) in [6.07, 6.45) is 0.912. The Kier molecular flexibility index (Phi) is 7.47. The largest absolute Gasteiger partial charge is 0.394 e. The maximum absolute atomic E-state index is 13.4. The van der Waals surface area contributed by atoms with Crippen molar-refractivity contribution < 1.29 is 14.6 Å². The van der Waals surface area contributed by atoms with Gasteiger partial charge in [0.15, 0.2) is 5.16 Å². The Labute approximate surface area is 180 Å². The number of rotatable bonds is 9. The lowest BCUT2D eigenvalue weighted by molar-refractivity contribution is 0.113. The number of anilines is 1. The summed E-state index contributed by atoms with van der Waals surface area (Å²) in [5.41, 5.74) is 3.14. The second-order valence-corrected chi connectivity index (χ2v) is 8.54. The number of H-pyrrole nitrogens is 1. The van der Waals surface area contributed by atoms with E-state index in [-0.39, 0.29) is 18.5 Å². The highest BCUT2D eigenvalue weighted by Crippen LogP contribution is 2.33. The first kappa shape index (κ1) is 22.3. The van der Waals surface area contributed by atoms with Gasteiger partial charge in [0.1, 0.15) is 11.6 Å². The third-order valence-corrected chi connectivity index (χ3v) is 5.87. The van der Waals surface area contributed by atoms with E-state index in [9.17, 15) is 9.50 Å². The van der Waals surface area contributed by atoms with Crippen LogP contribution >= 0.6 is 11.8 Å². The van der Waals surface area contributed by atoms with E-state index in [1.807, 2.05) is 12.1 Å². The Morgan fingerprint density at radius 1 is 1.13 bits per heavy atom. The number of aliphatic hydroxyl groups excluding tert-OH is 2. The van der Waals surface area contributed by atoms with Crippen LogP contribution in [0.4, 0.5) is 10.2 Å². The standard InChI is InChI=1S/C22H27FN4O2S/c1-13(2)14(3)25-19-10-16(8-9-24-19)21-20(15-4-6-17(23)7-5-15)26-22(27-21)30-12-18(29)11-28/h4-10,13-14,18,28-29H,11-12H2,1-3H3,(H,24,25)(H,26,27)/t14?,18-/m1/s1. The lowest BCUT2D eigenvalue weighted by atomic mass is 10.0. The second kappa shape index (κ2) is 10.1. The van der Waals surface area contributed by atoms with Crippen molar-refractivity contribution in [2.75, 3.05) is 17.7 Å². The lowest BCUT2D eigenvalue weighted by Crippen LogP contribution is -2.22. The van der Waals surface area contributed by atoms with Gasteiger partial charge in [0.05, 0.1) is 24.1 Å². The summed E-state index contributed by atoms with van der Waals surface area (Å²) in [6, 6.07) is 10.3. The van der Waals surface area contributed by atoms with Crippen LogP contribution in [0.15, 0.2) is 47.8 Å². The van der Waals surface area contributed by atoms with Crippen molar-refractivity contribution in [1.29, 1.82) is 0 Å². The average Bonchev–Trinajstić information content (AvgIpc) is 3.17. The number of nitrogens with zero attached hydrogens (tertiary/aromatic N) is 2. The van der Waals surface area contributed by atoms with Gasteiger partial charge >= 0.3 is 0 Å². The second-order valence-electron chi connectivity index (χ2n) is 7.53. The molecule has 0 aliphatic carbocycles.